The van der Waals surface area contributed by atoms with Crippen molar-refractivity contribution in [3.63, 3.8) is 0 Å². The Balaban J connectivity index is 1.45. The molecule has 3 aromatic rings. The summed E-state index contributed by atoms with van der Waals surface area (Å²) < 4.78 is 17.1. The van der Waals surface area contributed by atoms with Crippen molar-refractivity contribution in [3.8, 4) is 11.5 Å². The first-order valence-corrected chi connectivity index (χ1v) is 11.7. The van der Waals surface area contributed by atoms with Crippen LogP contribution in [-0.2, 0) is 17.7 Å². The minimum absolute atomic E-state index is 0.200. The molecule has 0 saturated carbocycles. The van der Waals surface area contributed by atoms with E-state index in [1.54, 1.807) is 38.5 Å². The number of H-pyrrole nitrogens is 1. The molecule has 1 saturated heterocycles. The van der Waals surface area contributed by atoms with Crippen LogP contribution in [0.15, 0.2) is 46.0 Å². The maximum Gasteiger partial charge on any atom is 0.328 e. The van der Waals surface area contributed by atoms with Gasteiger partial charge in [0.25, 0.3) is 11.5 Å². The molecule has 3 N–H and O–H groups in total. The summed E-state index contributed by atoms with van der Waals surface area (Å²) in [5.41, 5.74) is 0.727. The van der Waals surface area contributed by atoms with Gasteiger partial charge in [0, 0.05) is 12.1 Å². The number of fused-ring (bicyclic) bond motifs is 1. The standard InChI is InChI=1S/C25H30N4O6/c1-33-21-6-3-17(15-22(21)34-2)7-9-29-24(31)19-5-4-18(16-20(19)27-25(29)32)23(30)26-8-10-28-11-13-35-14-12-28/h3-6,15-16H,7-14H2,1-2H3,(H,26,30)(H,27,32)/p+1. The highest BCUT2D eigenvalue weighted by atomic mass is 16.5. The van der Waals surface area contributed by atoms with Crippen LogP contribution < -0.4 is 30.9 Å². The van der Waals surface area contributed by atoms with Gasteiger partial charge in [-0.2, -0.15) is 0 Å². The summed E-state index contributed by atoms with van der Waals surface area (Å²) in [6, 6.07) is 10.2. The summed E-state index contributed by atoms with van der Waals surface area (Å²) in [4.78, 5) is 42.4. The second-order valence-corrected chi connectivity index (χ2v) is 8.45. The molecule has 0 bridgehead atoms. The number of aromatic nitrogens is 2. The normalized spacial score (nSPS) is 14.1. The van der Waals surface area contributed by atoms with Gasteiger partial charge in [0.15, 0.2) is 11.5 Å². The smallest absolute Gasteiger partial charge is 0.328 e. The van der Waals surface area contributed by atoms with Crippen molar-refractivity contribution in [2.24, 2.45) is 0 Å². The van der Waals surface area contributed by atoms with E-state index in [4.69, 9.17) is 14.2 Å². The van der Waals surface area contributed by atoms with E-state index in [2.05, 4.69) is 10.3 Å². The number of carbonyl (C=O) groups excluding carboxylic acids is 1. The largest absolute Gasteiger partial charge is 0.493 e. The van der Waals surface area contributed by atoms with Gasteiger partial charge in [-0.25, -0.2) is 4.79 Å². The molecule has 10 heteroatoms. The van der Waals surface area contributed by atoms with Crippen molar-refractivity contribution in [2.75, 3.05) is 53.6 Å². The van der Waals surface area contributed by atoms with Crippen LogP contribution >= 0.6 is 0 Å². The van der Waals surface area contributed by atoms with Crippen molar-refractivity contribution in [2.45, 2.75) is 13.0 Å². The van der Waals surface area contributed by atoms with Gasteiger partial charge in [0.1, 0.15) is 13.1 Å². The van der Waals surface area contributed by atoms with Gasteiger partial charge < -0.3 is 29.4 Å². The Morgan fingerprint density at radius 3 is 2.60 bits per heavy atom. The van der Waals surface area contributed by atoms with Crippen molar-refractivity contribution in [3.05, 3.63) is 68.4 Å². The Hall–Kier alpha value is -3.63. The van der Waals surface area contributed by atoms with E-state index in [9.17, 15) is 14.4 Å². The molecule has 0 radical (unpaired) electrons. The minimum Gasteiger partial charge on any atom is -0.493 e. The number of ether oxygens (including phenoxy) is 3. The van der Waals surface area contributed by atoms with Crippen LogP contribution in [0.4, 0.5) is 0 Å². The third-order valence-corrected chi connectivity index (χ3v) is 6.28. The number of nitrogens with zero attached hydrogens (tertiary/aromatic N) is 1. The zero-order valence-electron chi connectivity index (χ0n) is 20.0. The molecule has 0 unspecified atom stereocenters. The Labute approximate surface area is 202 Å². The fourth-order valence-corrected chi connectivity index (χ4v) is 4.24. The van der Waals surface area contributed by atoms with E-state index in [0.717, 1.165) is 38.4 Å². The quantitative estimate of drug-likeness (QED) is 0.381. The summed E-state index contributed by atoms with van der Waals surface area (Å²) in [6.45, 7) is 4.92. The number of hydrogen-bond acceptors (Lipinski definition) is 6. The number of rotatable bonds is 9. The lowest BCUT2D eigenvalue weighted by atomic mass is 10.1. The van der Waals surface area contributed by atoms with E-state index in [1.807, 2.05) is 12.1 Å². The third-order valence-electron chi connectivity index (χ3n) is 6.28. The number of nitrogens with one attached hydrogen (secondary N) is 3. The Bertz CT molecular complexity index is 1310. The van der Waals surface area contributed by atoms with E-state index in [0.29, 0.717) is 40.9 Å². The van der Waals surface area contributed by atoms with Crippen LogP contribution in [0.1, 0.15) is 15.9 Å². The lowest BCUT2D eigenvalue weighted by molar-refractivity contribution is -0.906. The molecule has 1 amide bonds. The zero-order valence-corrected chi connectivity index (χ0v) is 20.0. The van der Waals surface area contributed by atoms with Gasteiger partial charge in [0.05, 0.1) is 51.4 Å². The average Bonchev–Trinajstić information content (AvgIpc) is 2.88. The summed E-state index contributed by atoms with van der Waals surface area (Å²) in [6.07, 6.45) is 0.459. The number of carbonyl (C=O) groups is 1. The van der Waals surface area contributed by atoms with Crippen molar-refractivity contribution in [1.82, 2.24) is 14.9 Å². The number of hydrogen-bond donors (Lipinski definition) is 3. The van der Waals surface area contributed by atoms with E-state index in [1.165, 1.54) is 9.47 Å². The van der Waals surface area contributed by atoms with Gasteiger partial charge in [0.2, 0.25) is 0 Å². The molecule has 0 aliphatic carbocycles. The fourth-order valence-electron chi connectivity index (χ4n) is 4.24. The highest BCUT2D eigenvalue weighted by molar-refractivity contribution is 5.97. The van der Waals surface area contributed by atoms with Crippen molar-refractivity contribution >= 4 is 16.8 Å². The predicted molar refractivity (Wildman–Crippen MR) is 131 cm³/mol. The molecule has 1 fully saturated rings. The van der Waals surface area contributed by atoms with Crippen LogP contribution in [0.2, 0.25) is 0 Å². The lowest BCUT2D eigenvalue weighted by Gasteiger charge is -2.23. The topological polar surface area (TPSA) is 116 Å². The summed E-state index contributed by atoms with van der Waals surface area (Å²) in [7, 11) is 3.12. The number of quaternary nitrogens is 1. The first kappa shape index (κ1) is 24.5. The maximum atomic E-state index is 13.0. The molecule has 1 aromatic heterocycles. The van der Waals surface area contributed by atoms with Gasteiger partial charge in [-0.3, -0.25) is 14.2 Å². The number of methoxy groups -OCH3 is 2. The van der Waals surface area contributed by atoms with Crippen LogP contribution in [0, 0.1) is 0 Å². The van der Waals surface area contributed by atoms with Crippen LogP contribution in [-0.4, -0.2) is 69.1 Å². The number of benzene rings is 2. The third kappa shape index (κ3) is 5.72. The molecular weight excluding hydrogens is 452 g/mol. The molecular formula is C25H31N4O6+. The highest BCUT2D eigenvalue weighted by Crippen LogP contribution is 2.27. The SMILES string of the molecule is COc1ccc(CCn2c(=O)[nH]c3cc(C(=O)NCC[NH+]4CCOCC4)ccc3c2=O)cc1OC. The number of amides is 1. The minimum atomic E-state index is -0.517. The first-order valence-electron chi connectivity index (χ1n) is 11.7. The summed E-state index contributed by atoms with van der Waals surface area (Å²) in [5.74, 6) is 0.958. The van der Waals surface area contributed by atoms with Crippen LogP contribution in [0.25, 0.3) is 10.9 Å². The molecule has 1 aliphatic heterocycles. The van der Waals surface area contributed by atoms with Gasteiger partial charge >= 0.3 is 5.69 Å². The highest BCUT2D eigenvalue weighted by Gasteiger charge is 2.15. The molecule has 35 heavy (non-hydrogen) atoms. The molecule has 4 rings (SSSR count). The lowest BCUT2D eigenvalue weighted by Crippen LogP contribution is -3.14. The fraction of sp³-hybridized carbons (Fsp3) is 0.400. The van der Waals surface area contributed by atoms with Gasteiger partial charge in [-0.05, 0) is 42.3 Å². The molecule has 2 heterocycles. The molecule has 0 spiro atoms. The molecule has 1 aliphatic rings. The average molecular weight is 484 g/mol. The Morgan fingerprint density at radius 1 is 1.09 bits per heavy atom. The van der Waals surface area contributed by atoms with E-state index in [-0.39, 0.29) is 12.5 Å². The molecule has 2 aromatic carbocycles. The van der Waals surface area contributed by atoms with E-state index < -0.39 is 11.2 Å². The van der Waals surface area contributed by atoms with Crippen molar-refractivity contribution < 1.29 is 23.9 Å². The van der Waals surface area contributed by atoms with Crippen LogP contribution in [0.3, 0.4) is 0 Å². The van der Waals surface area contributed by atoms with Crippen molar-refractivity contribution in [1.29, 1.82) is 0 Å². The molecule has 10 nitrogen and oxygen atoms in total. The Kier molecular flexibility index (Phi) is 7.84. The predicted octanol–water partition coefficient (Wildman–Crippen LogP) is -0.405. The zero-order chi connectivity index (χ0) is 24.8. The summed E-state index contributed by atoms with van der Waals surface area (Å²) in [5, 5.41) is 3.27. The maximum absolute atomic E-state index is 13.0. The molecule has 186 valence electrons. The van der Waals surface area contributed by atoms with Gasteiger partial charge in [-0.1, -0.05) is 6.07 Å². The summed E-state index contributed by atoms with van der Waals surface area (Å²) >= 11 is 0. The number of morpholine rings is 1. The van der Waals surface area contributed by atoms with Gasteiger partial charge in [-0.15, -0.1) is 0 Å². The second kappa shape index (κ2) is 11.2. The van der Waals surface area contributed by atoms with Crippen LogP contribution in [0.5, 0.6) is 11.5 Å². The monoisotopic (exact) mass is 483 g/mol. The number of aryl methyl sites for hydroxylation is 1. The van der Waals surface area contributed by atoms with E-state index >= 15 is 0 Å². The second-order valence-electron chi connectivity index (χ2n) is 8.45. The molecule has 0 atom stereocenters. The Morgan fingerprint density at radius 2 is 1.86 bits per heavy atom. The first-order chi connectivity index (χ1) is 17.0. The number of aromatic amines is 1.